The molecule has 97 valence electrons. The van der Waals surface area contributed by atoms with Crippen molar-refractivity contribution >= 4 is 0 Å². The molecule has 1 heterocycles. The predicted molar refractivity (Wildman–Crippen MR) is 79.1 cm³/mol. The van der Waals surface area contributed by atoms with Crippen molar-refractivity contribution in [3.05, 3.63) is 71.8 Å². The molecular formula is C18H20N. The first-order valence-corrected chi connectivity index (χ1v) is 7.17. The van der Waals surface area contributed by atoms with Crippen LogP contribution in [0.4, 0.5) is 0 Å². The average Bonchev–Trinajstić information content (AvgIpc) is 2.49. The molecule has 19 heavy (non-hydrogen) atoms. The van der Waals surface area contributed by atoms with Crippen LogP contribution in [0.25, 0.3) is 0 Å². The van der Waals surface area contributed by atoms with E-state index in [9.17, 15) is 0 Å². The van der Waals surface area contributed by atoms with Crippen LogP contribution in [0, 0.1) is 5.92 Å². The molecule has 1 fully saturated rings. The number of benzene rings is 2. The minimum Gasteiger partial charge on any atom is -0.234 e. The molecule has 0 N–H and O–H groups in total. The van der Waals surface area contributed by atoms with E-state index in [4.69, 9.17) is 5.32 Å². The van der Waals surface area contributed by atoms with Crippen molar-refractivity contribution in [1.82, 2.24) is 5.32 Å². The van der Waals surface area contributed by atoms with Crippen LogP contribution in [0.2, 0.25) is 0 Å². The van der Waals surface area contributed by atoms with E-state index in [1.807, 2.05) is 0 Å². The average molecular weight is 250 g/mol. The third-order valence-corrected chi connectivity index (χ3v) is 3.99. The largest absolute Gasteiger partial charge is 0.234 e. The van der Waals surface area contributed by atoms with Gasteiger partial charge in [-0.15, -0.1) is 0 Å². The molecule has 3 rings (SSSR count). The van der Waals surface area contributed by atoms with Crippen LogP contribution in [-0.2, 0) is 6.42 Å². The Bertz CT molecular complexity index is 492. The molecule has 1 aliphatic heterocycles. The summed E-state index contributed by atoms with van der Waals surface area (Å²) < 4.78 is 0. The van der Waals surface area contributed by atoms with Gasteiger partial charge in [0.2, 0.25) is 0 Å². The van der Waals surface area contributed by atoms with Crippen LogP contribution in [0.5, 0.6) is 0 Å². The lowest BCUT2D eigenvalue weighted by molar-refractivity contribution is 0.299. The van der Waals surface area contributed by atoms with E-state index in [2.05, 4.69) is 60.7 Å². The Balaban J connectivity index is 1.65. The molecule has 2 aromatic carbocycles. The Labute approximate surface area is 115 Å². The number of hydrogen-bond donors (Lipinski definition) is 0. The highest BCUT2D eigenvalue weighted by atomic mass is 14.9. The van der Waals surface area contributed by atoms with Crippen LogP contribution in [-0.4, -0.2) is 6.54 Å². The lowest BCUT2D eigenvalue weighted by Gasteiger charge is -2.29. The summed E-state index contributed by atoms with van der Waals surface area (Å²) in [5.74, 6) is 0.769. The maximum Gasteiger partial charge on any atom is 0.0498 e. The molecule has 0 amide bonds. The zero-order valence-corrected chi connectivity index (χ0v) is 11.2. The summed E-state index contributed by atoms with van der Waals surface area (Å²) >= 11 is 0. The highest BCUT2D eigenvalue weighted by Gasteiger charge is 2.23. The van der Waals surface area contributed by atoms with E-state index in [1.54, 1.807) is 0 Å². The quantitative estimate of drug-likeness (QED) is 0.782. The highest BCUT2D eigenvalue weighted by Crippen LogP contribution is 2.30. The number of nitrogens with zero attached hydrogens (tertiary/aromatic N) is 1. The Hall–Kier alpha value is -1.60. The molecule has 1 aliphatic rings. The van der Waals surface area contributed by atoms with Gasteiger partial charge in [-0.05, 0) is 36.3 Å². The summed E-state index contributed by atoms with van der Waals surface area (Å²) in [4.78, 5) is 0. The Kier molecular flexibility index (Phi) is 3.95. The topological polar surface area (TPSA) is 14.1 Å². The second-order valence-corrected chi connectivity index (χ2v) is 5.41. The molecule has 2 unspecified atom stereocenters. The molecule has 1 heteroatoms. The van der Waals surface area contributed by atoms with Crippen molar-refractivity contribution in [3.8, 4) is 0 Å². The molecule has 2 aromatic rings. The van der Waals surface area contributed by atoms with Gasteiger partial charge < -0.3 is 0 Å². The molecule has 2 atom stereocenters. The predicted octanol–water partition coefficient (Wildman–Crippen LogP) is 3.98. The first-order valence-electron chi connectivity index (χ1n) is 7.17. The molecule has 0 spiro atoms. The van der Waals surface area contributed by atoms with Crippen molar-refractivity contribution < 1.29 is 0 Å². The Morgan fingerprint density at radius 2 is 1.58 bits per heavy atom. The highest BCUT2D eigenvalue weighted by molar-refractivity contribution is 5.20. The third kappa shape index (κ3) is 3.24. The fourth-order valence-corrected chi connectivity index (χ4v) is 2.97. The van der Waals surface area contributed by atoms with Crippen molar-refractivity contribution in [2.45, 2.75) is 25.3 Å². The summed E-state index contributed by atoms with van der Waals surface area (Å²) in [7, 11) is 0. The van der Waals surface area contributed by atoms with Gasteiger partial charge >= 0.3 is 0 Å². The van der Waals surface area contributed by atoms with Crippen LogP contribution < -0.4 is 5.32 Å². The fourth-order valence-electron chi connectivity index (χ4n) is 2.97. The van der Waals surface area contributed by atoms with Crippen molar-refractivity contribution in [2.75, 3.05) is 6.54 Å². The van der Waals surface area contributed by atoms with Crippen molar-refractivity contribution in [3.63, 3.8) is 0 Å². The molecule has 1 radical (unpaired) electrons. The molecular weight excluding hydrogens is 230 g/mol. The van der Waals surface area contributed by atoms with E-state index in [1.165, 1.54) is 30.4 Å². The van der Waals surface area contributed by atoms with E-state index >= 15 is 0 Å². The maximum atomic E-state index is 4.79. The summed E-state index contributed by atoms with van der Waals surface area (Å²) in [6.45, 7) is 1.01. The third-order valence-electron chi connectivity index (χ3n) is 3.99. The summed E-state index contributed by atoms with van der Waals surface area (Å²) in [5.41, 5.74) is 2.83. The lowest BCUT2D eigenvalue weighted by Crippen LogP contribution is -2.27. The first-order chi connectivity index (χ1) is 9.42. The minimum absolute atomic E-state index is 0.406. The second-order valence-electron chi connectivity index (χ2n) is 5.41. The second kappa shape index (κ2) is 6.03. The summed E-state index contributed by atoms with van der Waals surface area (Å²) in [6.07, 6.45) is 3.62. The molecule has 0 bridgehead atoms. The molecule has 0 aromatic heterocycles. The molecule has 0 aliphatic carbocycles. The van der Waals surface area contributed by atoms with Gasteiger partial charge in [-0.2, -0.15) is 0 Å². The first kappa shape index (κ1) is 12.4. The van der Waals surface area contributed by atoms with Gasteiger partial charge in [0.1, 0.15) is 0 Å². The number of piperidine rings is 1. The van der Waals surface area contributed by atoms with Gasteiger partial charge in [-0.3, -0.25) is 0 Å². The van der Waals surface area contributed by atoms with E-state index in [0.717, 1.165) is 12.5 Å². The van der Waals surface area contributed by atoms with Gasteiger partial charge in [-0.1, -0.05) is 60.7 Å². The molecule has 1 nitrogen and oxygen atoms in total. The fraction of sp³-hybridized carbons (Fsp3) is 0.333. The van der Waals surface area contributed by atoms with Gasteiger partial charge in [0.05, 0.1) is 0 Å². The normalized spacial score (nSPS) is 23.2. The summed E-state index contributed by atoms with van der Waals surface area (Å²) in [6, 6.07) is 22.0. The van der Waals surface area contributed by atoms with Crippen LogP contribution in [0.3, 0.4) is 0 Å². The standard InChI is InChI=1S/C18H20N/c1-3-7-15(8-4-1)13-16-11-12-19-18(14-16)17-9-5-2-6-10-17/h1-10,16,18H,11-14H2. The monoisotopic (exact) mass is 250 g/mol. The van der Waals surface area contributed by atoms with E-state index < -0.39 is 0 Å². The van der Waals surface area contributed by atoms with Gasteiger partial charge in [-0.25, -0.2) is 5.32 Å². The van der Waals surface area contributed by atoms with Gasteiger partial charge in [0.15, 0.2) is 0 Å². The van der Waals surface area contributed by atoms with E-state index in [-0.39, 0.29) is 0 Å². The number of hydrogen-bond acceptors (Lipinski definition) is 0. The number of rotatable bonds is 3. The summed E-state index contributed by atoms with van der Waals surface area (Å²) in [5, 5.41) is 4.79. The van der Waals surface area contributed by atoms with Crippen molar-refractivity contribution in [1.29, 1.82) is 0 Å². The van der Waals surface area contributed by atoms with Crippen molar-refractivity contribution in [2.24, 2.45) is 5.92 Å². The SMILES string of the molecule is c1ccc(CC2CC[N]C(c3ccccc3)C2)cc1. The van der Waals surface area contributed by atoms with Crippen LogP contribution in [0.15, 0.2) is 60.7 Å². The molecule has 0 saturated carbocycles. The van der Waals surface area contributed by atoms with E-state index in [0.29, 0.717) is 6.04 Å². The Morgan fingerprint density at radius 1 is 0.895 bits per heavy atom. The zero-order chi connectivity index (χ0) is 12.9. The zero-order valence-electron chi connectivity index (χ0n) is 11.2. The Morgan fingerprint density at radius 3 is 2.32 bits per heavy atom. The lowest BCUT2D eigenvalue weighted by atomic mass is 9.85. The van der Waals surface area contributed by atoms with Gasteiger partial charge in [0, 0.05) is 12.6 Å². The van der Waals surface area contributed by atoms with Crippen LogP contribution in [0.1, 0.15) is 30.0 Å². The minimum atomic E-state index is 0.406. The van der Waals surface area contributed by atoms with Gasteiger partial charge in [0.25, 0.3) is 0 Å². The smallest absolute Gasteiger partial charge is 0.0498 e. The maximum absolute atomic E-state index is 4.79. The molecule has 1 saturated heterocycles. The van der Waals surface area contributed by atoms with Crippen LogP contribution >= 0.6 is 0 Å².